The van der Waals surface area contributed by atoms with E-state index in [4.69, 9.17) is 0 Å². The Morgan fingerprint density at radius 1 is 0.909 bits per heavy atom. The number of carbonyl (C=O) groups is 2. The minimum Gasteiger partial charge on any atom is -0.348 e. The quantitative estimate of drug-likeness (QED) is 0.943. The molecule has 0 bridgehead atoms. The van der Waals surface area contributed by atoms with E-state index in [1.54, 1.807) is 26.2 Å². The Hall–Kier alpha value is -2.62. The molecule has 0 heterocycles. The van der Waals surface area contributed by atoms with E-state index in [0.29, 0.717) is 17.7 Å². The standard InChI is InChI=1S/C18H20N2O2/c1-13-4-8-15(9-5-13)17(21)19-12-14-6-10-16(11-7-14)18(22)20(2)3/h4-11H,12H2,1-3H3,(H,19,21). The van der Waals surface area contributed by atoms with Crippen LogP contribution in [0.5, 0.6) is 0 Å². The molecule has 0 radical (unpaired) electrons. The largest absolute Gasteiger partial charge is 0.348 e. The molecule has 2 amide bonds. The number of hydrogen-bond acceptors (Lipinski definition) is 2. The fraction of sp³-hybridized carbons (Fsp3) is 0.222. The van der Waals surface area contributed by atoms with Crippen molar-refractivity contribution in [2.45, 2.75) is 13.5 Å². The minimum absolute atomic E-state index is 0.0322. The van der Waals surface area contributed by atoms with Gasteiger partial charge in [0.05, 0.1) is 0 Å². The van der Waals surface area contributed by atoms with E-state index in [0.717, 1.165) is 11.1 Å². The summed E-state index contributed by atoms with van der Waals surface area (Å²) in [6.45, 7) is 2.42. The maximum absolute atomic E-state index is 12.0. The number of benzene rings is 2. The smallest absolute Gasteiger partial charge is 0.253 e. The normalized spacial score (nSPS) is 10.1. The van der Waals surface area contributed by atoms with Gasteiger partial charge in [0.1, 0.15) is 0 Å². The van der Waals surface area contributed by atoms with Gasteiger partial charge in [-0.25, -0.2) is 0 Å². The molecule has 0 saturated carbocycles. The average Bonchev–Trinajstić information content (AvgIpc) is 2.53. The zero-order valence-corrected chi connectivity index (χ0v) is 13.1. The SMILES string of the molecule is Cc1ccc(C(=O)NCc2ccc(C(=O)N(C)C)cc2)cc1. The van der Waals surface area contributed by atoms with Crippen LogP contribution in [0.2, 0.25) is 0 Å². The molecule has 2 aromatic rings. The van der Waals surface area contributed by atoms with Gasteiger partial charge < -0.3 is 10.2 Å². The lowest BCUT2D eigenvalue weighted by molar-refractivity contribution is 0.0827. The van der Waals surface area contributed by atoms with Crippen molar-refractivity contribution in [2.24, 2.45) is 0 Å². The number of hydrogen-bond donors (Lipinski definition) is 1. The highest BCUT2D eigenvalue weighted by Crippen LogP contribution is 2.07. The predicted molar refractivity (Wildman–Crippen MR) is 86.8 cm³/mol. The second kappa shape index (κ2) is 6.89. The third-order valence-corrected chi connectivity index (χ3v) is 3.37. The number of rotatable bonds is 4. The van der Waals surface area contributed by atoms with E-state index >= 15 is 0 Å². The molecule has 0 aliphatic rings. The number of amides is 2. The van der Waals surface area contributed by atoms with E-state index in [9.17, 15) is 9.59 Å². The lowest BCUT2D eigenvalue weighted by atomic mass is 10.1. The van der Waals surface area contributed by atoms with E-state index in [1.807, 2.05) is 43.3 Å². The Labute approximate surface area is 130 Å². The van der Waals surface area contributed by atoms with Crippen LogP contribution in [0.3, 0.4) is 0 Å². The Kier molecular flexibility index (Phi) is 4.94. The van der Waals surface area contributed by atoms with Crippen LogP contribution in [0.25, 0.3) is 0 Å². The van der Waals surface area contributed by atoms with Crippen molar-refractivity contribution in [2.75, 3.05) is 14.1 Å². The number of carbonyl (C=O) groups excluding carboxylic acids is 2. The van der Waals surface area contributed by atoms with Crippen molar-refractivity contribution in [1.29, 1.82) is 0 Å². The third kappa shape index (κ3) is 3.95. The molecule has 2 rings (SSSR count). The molecule has 2 aromatic carbocycles. The predicted octanol–water partition coefficient (Wildman–Crippen LogP) is 2.63. The van der Waals surface area contributed by atoms with E-state index < -0.39 is 0 Å². The van der Waals surface area contributed by atoms with Crippen LogP contribution in [0.4, 0.5) is 0 Å². The monoisotopic (exact) mass is 296 g/mol. The van der Waals surface area contributed by atoms with Crippen LogP contribution < -0.4 is 5.32 Å². The Balaban J connectivity index is 1.95. The van der Waals surface area contributed by atoms with Gasteiger partial charge in [0.15, 0.2) is 0 Å². The minimum atomic E-state index is -0.103. The summed E-state index contributed by atoms with van der Waals surface area (Å²) in [5.74, 6) is -0.135. The molecule has 0 aliphatic carbocycles. The molecule has 0 aromatic heterocycles. The lowest BCUT2D eigenvalue weighted by Crippen LogP contribution is -2.23. The third-order valence-electron chi connectivity index (χ3n) is 3.37. The van der Waals surface area contributed by atoms with E-state index in [2.05, 4.69) is 5.32 Å². The van der Waals surface area contributed by atoms with Crippen molar-refractivity contribution in [3.63, 3.8) is 0 Å². The fourth-order valence-corrected chi connectivity index (χ4v) is 2.01. The zero-order chi connectivity index (χ0) is 16.1. The molecule has 0 unspecified atom stereocenters. The Morgan fingerprint density at radius 2 is 1.45 bits per heavy atom. The highest BCUT2D eigenvalue weighted by molar-refractivity contribution is 5.94. The van der Waals surface area contributed by atoms with Crippen LogP contribution in [-0.4, -0.2) is 30.8 Å². The number of nitrogens with one attached hydrogen (secondary N) is 1. The second-order valence-electron chi connectivity index (χ2n) is 5.45. The molecule has 114 valence electrons. The van der Waals surface area contributed by atoms with Gasteiger partial charge in [-0.15, -0.1) is 0 Å². The first-order chi connectivity index (χ1) is 10.5. The first-order valence-electron chi connectivity index (χ1n) is 7.13. The van der Waals surface area contributed by atoms with Crippen molar-refractivity contribution in [3.8, 4) is 0 Å². The first kappa shape index (κ1) is 15.8. The number of nitrogens with zero attached hydrogens (tertiary/aromatic N) is 1. The van der Waals surface area contributed by atoms with Gasteiger partial charge in [0.25, 0.3) is 11.8 Å². The maximum Gasteiger partial charge on any atom is 0.253 e. The molecular formula is C18H20N2O2. The summed E-state index contributed by atoms with van der Waals surface area (Å²) in [7, 11) is 3.44. The molecule has 1 N–H and O–H groups in total. The van der Waals surface area contributed by atoms with Gasteiger partial charge in [-0.05, 0) is 36.8 Å². The Bertz CT molecular complexity index is 658. The van der Waals surface area contributed by atoms with Crippen LogP contribution >= 0.6 is 0 Å². The molecule has 0 saturated heterocycles. The topological polar surface area (TPSA) is 49.4 Å². The lowest BCUT2D eigenvalue weighted by Gasteiger charge is -2.11. The van der Waals surface area contributed by atoms with Crippen molar-refractivity contribution in [3.05, 3.63) is 70.8 Å². The van der Waals surface area contributed by atoms with Crippen molar-refractivity contribution >= 4 is 11.8 Å². The fourth-order valence-electron chi connectivity index (χ4n) is 2.01. The van der Waals surface area contributed by atoms with Gasteiger partial charge in [0, 0.05) is 31.8 Å². The van der Waals surface area contributed by atoms with Crippen molar-refractivity contribution in [1.82, 2.24) is 10.2 Å². The van der Waals surface area contributed by atoms with Gasteiger partial charge in [-0.2, -0.15) is 0 Å². The molecule has 22 heavy (non-hydrogen) atoms. The molecule has 0 atom stereocenters. The van der Waals surface area contributed by atoms with Crippen LogP contribution in [0, 0.1) is 6.92 Å². The van der Waals surface area contributed by atoms with Gasteiger partial charge >= 0.3 is 0 Å². The molecule has 0 fully saturated rings. The van der Waals surface area contributed by atoms with Gasteiger partial charge in [-0.1, -0.05) is 29.8 Å². The molecule has 4 heteroatoms. The summed E-state index contributed by atoms with van der Waals surface area (Å²) in [6, 6.07) is 14.7. The van der Waals surface area contributed by atoms with Crippen LogP contribution in [-0.2, 0) is 6.54 Å². The van der Waals surface area contributed by atoms with Gasteiger partial charge in [0.2, 0.25) is 0 Å². The van der Waals surface area contributed by atoms with Crippen LogP contribution in [0.15, 0.2) is 48.5 Å². The molecule has 0 spiro atoms. The molecule has 4 nitrogen and oxygen atoms in total. The summed E-state index contributed by atoms with van der Waals surface area (Å²) in [4.78, 5) is 25.3. The number of aryl methyl sites for hydroxylation is 1. The van der Waals surface area contributed by atoms with E-state index in [1.165, 1.54) is 4.90 Å². The summed E-state index contributed by atoms with van der Waals surface area (Å²) in [6.07, 6.45) is 0. The second-order valence-corrected chi connectivity index (χ2v) is 5.45. The zero-order valence-electron chi connectivity index (χ0n) is 13.1. The highest BCUT2D eigenvalue weighted by atomic mass is 16.2. The highest BCUT2D eigenvalue weighted by Gasteiger charge is 2.08. The summed E-state index contributed by atoms with van der Waals surface area (Å²) >= 11 is 0. The summed E-state index contributed by atoms with van der Waals surface area (Å²) < 4.78 is 0. The average molecular weight is 296 g/mol. The summed E-state index contributed by atoms with van der Waals surface area (Å²) in [5.41, 5.74) is 3.36. The van der Waals surface area contributed by atoms with Crippen LogP contribution in [0.1, 0.15) is 31.8 Å². The Morgan fingerprint density at radius 3 is 2.00 bits per heavy atom. The van der Waals surface area contributed by atoms with Gasteiger partial charge in [-0.3, -0.25) is 9.59 Å². The maximum atomic E-state index is 12.0. The first-order valence-corrected chi connectivity index (χ1v) is 7.13. The summed E-state index contributed by atoms with van der Waals surface area (Å²) in [5, 5.41) is 2.87. The molecular weight excluding hydrogens is 276 g/mol. The van der Waals surface area contributed by atoms with Crippen molar-refractivity contribution < 1.29 is 9.59 Å². The molecule has 0 aliphatic heterocycles. The van der Waals surface area contributed by atoms with E-state index in [-0.39, 0.29) is 11.8 Å².